The van der Waals surface area contributed by atoms with Crippen molar-refractivity contribution in [2.24, 2.45) is 5.92 Å². The highest BCUT2D eigenvalue weighted by Gasteiger charge is 2.44. The Labute approximate surface area is 247 Å². The molecule has 3 fully saturated rings. The topological polar surface area (TPSA) is 100 Å². The number of ether oxygens (including phenoxy) is 2. The van der Waals surface area contributed by atoms with Gasteiger partial charge in [0.15, 0.2) is 0 Å². The van der Waals surface area contributed by atoms with E-state index in [2.05, 4.69) is 34.3 Å². The molecule has 3 amide bonds. The molecule has 10 heteroatoms. The minimum atomic E-state index is -1.31. The number of carbonyl (C=O) groups is 3. The van der Waals surface area contributed by atoms with Gasteiger partial charge in [-0.3, -0.25) is 19.4 Å². The Kier molecular flexibility index (Phi) is 10.5. The van der Waals surface area contributed by atoms with Gasteiger partial charge < -0.3 is 20.1 Å². The molecule has 0 bridgehead atoms. The van der Waals surface area contributed by atoms with Crippen LogP contribution in [0, 0.1) is 29.6 Å². The first kappa shape index (κ1) is 31.3. The van der Waals surface area contributed by atoms with Crippen LogP contribution in [0.15, 0.2) is 24.3 Å². The molecule has 9 nitrogen and oxygen atoms in total. The quantitative estimate of drug-likeness (QED) is 0.459. The SMILES string of the molecule is COCCN1C[C@H](NC(=O)[C@@H]2C[C@H](F)CN2C(=O)OC(C)(C)C)C[C@@H]1C(=O)NCc1ccc(C#CC#CC2CC2)cc1. The number of hydrogen-bond acceptors (Lipinski definition) is 6. The van der Waals surface area contributed by atoms with Crippen molar-refractivity contribution in [2.45, 2.75) is 82.9 Å². The molecule has 1 aromatic carbocycles. The Balaban J connectivity index is 1.32. The van der Waals surface area contributed by atoms with Crippen LogP contribution in [0.5, 0.6) is 0 Å². The maximum atomic E-state index is 14.3. The molecule has 42 heavy (non-hydrogen) atoms. The number of likely N-dealkylation sites (tertiary alicyclic amines) is 2. The summed E-state index contributed by atoms with van der Waals surface area (Å²) in [5.74, 6) is 11.9. The van der Waals surface area contributed by atoms with Crippen molar-refractivity contribution in [2.75, 3.05) is 33.4 Å². The zero-order chi connectivity index (χ0) is 30.3. The molecule has 1 aromatic rings. The predicted octanol–water partition coefficient (Wildman–Crippen LogP) is 2.62. The van der Waals surface area contributed by atoms with Crippen molar-refractivity contribution in [3.63, 3.8) is 0 Å². The van der Waals surface area contributed by atoms with Crippen LogP contribution >= 0.6 is 0 Å². The first-order chi connectivity index (χ1) is 20.0. The third-order valence-electron chi connectivity index (χ3n) is 7.36. The number of halogens is 1. The first-order valence-corrected chi connectivity index (χ1v) is 14.6. The third kappa shape index (κ3) is 9.20. The van der Waals surface area contributed by atoms with Gasteiger partial charge in [-0.2, -0.15) is 0 Å². The fourth-order valence-electron chi connectivity index (χ4n) is 5.07. The molecule has 0 spiro atoms. The molecule has 2 saturated heterocycles. The van der Waals surface area contributed by atoms with Gasteiger partial charge in [-0.05, 0) is 69.6 Å². The standard InChI is InChI=1S/C32H41FN4O5/c1-32(2,3)42-31(40)37-20-25(33)17-28(37)30(39)35-26-18-27(36(21-26)15-16-41-4)29(38)34-19-24-13-11-23(12-14-24)8-6-5-7-22-9-10-22/h11-14,22,25-28H,9-10,15-21H2,1-4H3,(H,34,38)(H,35,39)/t25-,26+,27+,28-/m0/s1. The van der Waals surface area contributed by atoms with E-state index in [0.29, 0.717) is 38.6 Å². The molecule has 1 aliphatic carbocycles. The van der Waals surface area contributed by atoms with E-state index in [1.165, 1.54) is 12.8 Å². The third-order valence-corrected chi connectivity index (χ3v) is 7.36. The number of nitrogens with zero attached hydrogens (tertiary/aromatic N) is 2. The molecule has 4 rings (SSSR count). The fourth-order valence-corrected chi connectivity index (χ4v) is 5.07. The summed E-state index contributed by atoms with van der Waals surface area (Å²) in [6, 6.07) is 5.89. The number of hydrogen-bond donors (Lipinski definition) is 2. The highest BCUT2D eigenvalue weighted by molar-refractivity contribution is 5.87. The monoisotopic (exact) mass is 580 g/mol. The maximum absolute atomic E-state index is 14.3. The predicted molar refractivity (Wildman–Crippen MR) is 156 cm³/mol. The Bertz CT molecular complexity index is 1250. The van der Waals surface area contributed by atoms with E-state index in [1.54, 1.807) is 27.9 Å². The summed E-state index contributed by atoms with van der Waals surface area (Å²) < 4.78 is 24.9. The Morgan fingerprint density at radius 2 is 1.76 bits per heavy atom. The molecule has 0 radical (unpaired) electrons. The van der Waals surface area contributed by atoms with E-state index in [4.69, 9.17) is 9.47 Å². The van der Waals surface area contributed by atoms with E-state index < -0.39 is 35.9 Å². The lowest BCUT2D eigenvalue weighted by molar-refractivity contribution is -0.127. The van der Waals surface area contributed by atoms with Crippen LogP contribution in [0.2, 0.25) is 0 Å². The molecule has 3 aliphatic rings. The van der Waals surface area contributed by atoms with Gasteiger partial charge in [0.25, 0.3) is 0 Å². The Hall–Kier alpha value is -3.60. The first-order valence-electron chi connectivity index (χ1n) is 14.6. The van der Waals surface area contributed by atoms with Crippen LogP contribution in [0.25, 0.3) is 0 Å². The van der Waals surface area contributed by atoms with E-state index in [9.17, 15) is 18.8 Å². The van der Waals surface area contributed by atoms with Gasteiger partial charge in [0.2, 0.25) is 11.8 Å². The normalized spacial score (nSPS) is 23.8. The largest absolute Gasteiger partial charge is 0.444 e. The molecule has 226 valence electrons. The van der Waals surface area contributed by atoms with E-state index >= 15 is 0 Å². The van der Waals surface area contributed by atoms with Gasteiger partial charge in [-0.25, -0.2) is 9.18 Å². The highest BCUT2D eigenvalue weighted by Crippen LogP contribution is 2.27. The average Bonchev–Trinajstić information content (AvgIpc) is 3.54. The summed E-state index contributed by atoms with van der Waals surface area (Å²) in [5, 5.41) is 5.96. The van der Waals surface area contributed by atoms with Gasteiger partial charge in [-0.1, -0.05) is 24.0 Å². The second-order valence-electron chi connectivity index (χ2n) is 12.1. The Morgan fingerprint density at radius 1 is 1.02 bits per heavy atom. The van der Waals surface area contributed by atoms with Crippen molar-refractivity contribution in [3.05, 3.63) is 35.4 Å². The second-order valence-corrected chi connectivity index (χ2v) is 12.1. The minimum absolute atomic E-state index is 0.0899. The van der Waals surface area contributed by atoms with Crippen LogP contribution < -0.4 is 10.6 Å². The number of carbonyl (C=O) groups excluding carboxylic acids is 3. The zero-order valence-corrected chi connectivity index (χ0v) is 24.9. The van der Waals surface area contributed by atoms with Gasteiger partial charge in [0, 0.05) is 50.7 Å². The lowest BCUT2D eigenvalue weighted by Gasteiger charge is -2.28. The van der Waals surface area contributed by atoms with Crippen LogP contribution in [0.4, 0.5) is 9.18 Å². The van der Waals surface area contributed by atoms with Crippen LogP contribution in [0.3, 0.4) is 0 Å². The zero-order valence-electron chi connectivity index (χ0n) is 24.9. The lowest BCUT2D eigenvalue weighted by atomic mass is 10.1. The minimum Gasteiger partial charge on any atom is -0.444 e. The molecule has 0 unspecified atom stereocenters. The van der Waals surface area contributed by atoms with Gasteiger partial charge in [0.05, 0.1) is 19.2 Å². The van der Waals surface area contributed by atoms with Gasteiger partial charge in [0.1, 0.15) is 17.8 Å². The number of alkyl halides is 1. The van der Waals surface area contributed by atoms with Crippen LogP contribution in [-0.2, 0) is 25.6 Å². The summed E-state index contributed by atoms with van der Waals surface area (Å²) in [6.07, 6.45) is 0.617. The molecular formula is C32H41FN4O5. The molecule has 4 atom stereocenters. The number of methoxy groups -OCH3 is 1. The average molecular weight is 581 g/mol. The molecule has 1 saturated carbocycles. The summed E-state index contributed by atoms with van der Waals surface area (Å²) >= 11 is 0. The Morgan fingerprint density at radius 3 is 2.43 bits per heavy atom. The number of nitrogens with one attached hydrogen (secondary N) is 2. The highest BCUT2D eigenvalue weighted by atomic mass is 19.1. The van der Waals surface area contributed by atoms with Crippen molar-refractivity contribution in [1.82, 2.24) is 20.4 Å². The van der Waals surface area contributed by atoms with Crippen molar-refractivity contribution >= 4 is 17.9 Å². The van der Waals surface area contributed by atoms with Crippen molar-refractivity contribution in [3.8, 4) is 23.7 Å². The van der Waals surface area contributed by atoms with Gasteiger partial charge >= 0.3 is 6.09 Å². The number of rotatable bonds is 8. The summed E-state index contributed by atoms with van der Waals surface area (Å²) in [6.45, 7) is 6.70. The number of benzene rings is 1. The molecule has 2 heterocycles. The molecule has 2 aliphatic heterocycles. The maximum Gasteiger partial charge on any atom is 0.411 e. The second kappa shape index (κ2) is 14.0. The molecule has 2 N–H and O–H groups in total. The summed E-state index contributed by atoms with van der Waals surface area (Å²) in [5.41, 5.74) is 1.04. The van der Waals surface area contributed by atoms with E-state index in [0.717, 1.165) is 16.0 Å². The van der Waals surface area contributed by atoms with Crippen molar-refractivity contribution in [1.29, 1.82) is 0 Å². The molecular weight excluding hydrogens is 539 g/mol. The van der Waals surface area contributed by atoms with Crippen LogP contribution in [0.1, 0.15) is 57.6 Å². The number of amides is 3. The molecule has 0 aromatic heterocycles. The smallest absolute Gasteiger partial charge is 0.411 e. The lowest BCUT2D eigenvalue weighted by Crippen LogP contribution is -2.50. The fraction of sp³-hybridized carbons (Fsp3) is 0.594. The summed E-state index contributed by atoms with van der Waals surface area (Å²) in [4.78, 5) is 42.2. The van der Waals surface area contributed by atoms with E-state index in [-0.39, 0.29) is 24.9 Å². The summed E-state index contributed by atoms with van der Waals surface area (Å²) in [7, 11) is 1.59. The van der Waals surface area contributed by atoms with Crippen molar-refractivity contribution < 1.29 is 28.2 Å². The van der Waals surface area contributed by atoms with E-state index in [1.807, 2.05) is 29.2 Å². The van der Waals surface area contributed by atoms with Crippen LogP contribution in [-0.4, -0.2) is 91.0 Å². The van der Waals surface area contributed by atoms with Gasteiger partial charge in [-0.15, -0.1) is 0 Å².